The van der Waals surface area contributed by atoms with Crippen molar-refractivity contribution < 1.29 is 18.4 Å². The van der Waals surface area contributed by atoms with Gasteiger partial charge in [-0.1, -0.05) is 6.07 Å². The average molecular weight is 389 g/mol. The van der Waals surface area contributed by atoms with Gasteiger partial charge in [-0.05, 0) is 37.6 Å². The van der Waals surface area contributed by atoms with Gasteiger partial charge in [0.15, 0.2) is 0 Å². The summed E-state index contributed by atoms with van der Waals surface area (Å²) in [5.74, 6) is -2.45. The van der Waals surface area contributed by atoms with Crippen molar-refractivity contribution in [3.63, 3.8) is 0 Å². The van der Waals surface area contributed by atoms with Crippen molar-refractivity contribution in [2.45, 2.75) is 31.3 Å². The number of halogens is 2. The maximum Gasteiger partial charge on any atom is 0.272 e. The summed E-state index contributed by atoms with van der Waals surface area (Å²) in [6.45, 7) is 1.80. The van der Waals surface area contributed by atoms with Crippen LogP contribution in [0.15, 0.2) is 30.5 Å². The zero-order valence-corrected chi connectivity index (χ0v) is 15.2. The highest BCUT2D eigenvalue weighted by Gasteiger charge is 2.35. The van der Waals surface area contributed by atoms with Gasteiger partial charge in [-0.25, -0.2) is 8.78 Å². The lowest BCUT2D eigenvalue weighted by Crippen LogP contribution is -2.38. The number of amides is 2. The number of aromatic nitrogens is 2. The Hall–Kier alpha value is -2.81. The number of carbonyl (C=O) groups is 2. The summed E-state index contributed by atoms with van der Waals surface area (Å²) in [5.41, 5.74) is -0.119. The van der Waals surface area contributed by atoms with Crippen LogP contribution in [0.4, 0.5) is 14.5 Å². The van der Waals surface area contributed by atoms with E-state index in [2.05, 4.69) is 15.7 Å². The predicted molar refractivity (Wildman–Crippen MR) is 97.9 cm³/mol. The quantitative estimate of drug-likeness (QED) is 0.833. The third-order valence-corrected chi connectivity index (χ3v) is 5.15. The fourth-order valence-corrected chi connectivity index (χ4v) is 3.75. The molecule has 0 radical (unpaired) electrons. The van der Waals surface area contributed by atoms with Crippen molar-refractivity contribution in [3.05, 3.63) is 47.8 Å². The zero-order chi connectivity index (χ0) is 19.7. The highest BCUT2D eigenvalue weighted by molar-refractivity contribution is 5.98. The SMILES string of the molecule is O=C(NC1CC(=O)N(c2c(F)cccc2F)C1)c1ccn(C2CCCNC2)n1. The highest BCUT2D eigenvalue weighted by atomic mass is 19.1. The van der Waals surface area contributed by atoms with E-state index in [1.54, 1.807) is 16.9 Å². The van der Waals surface area contributed by atoms with Gasteiger partial charge in [-0.15, -0.1) is 0 Å². The molecule has 1 aromatic heterocycles. The number of piperidine rings is 1. The van der Waals surface area contributed by atoms with Crippen molar-refractivity contribution in [1.82, 2.24) is 20.4 Å². The first-order chi connectivity index (χ1) is 13.5. The topological polar surface area (TPSA) is 79.3 Å². The third-order valence-electron chi connectivity index (χ3n) is 5.15. The number of anilines is 1. The molecule has 2 atom stereocenters. The van der Waals surface area contributed by atoms with Crippen molar-refractivity contribution in [3.8, 4) is 0 Å². The summed E-state index contributed by atoms with van der Waals surface area (Å²) in [4.78, 5) is 25.8. The zero-order valence-electron chi connectivity index (χ0n) is 15.2. The molecule has 1 aromatic carbocycles. The molecule has 2 fully saturated rings. The first-order valence-corrected chi connectivity index (χ1v) is 9.34. The fourth-order valence-electron chi connectivity index (χ4n) is 3.75. The summed E-state index contributed by atoms with van der Waals surface area (Å²) in [6.07, 6.45) is 3.80. The summed E-state index contributed by atoms with van der Waals surface area (Å²) >= 11 is 0. The van der Waals surface area contributed by atoms with E-state index in [4.69, 9.17) is 0 Å². The molecule has 2 aliphatic heterocycles. The van der Waals surface area contributed by atoms with Crippen molar-refractivity contribution in [2.24, 2.45) is 0 Å². The summed E-state index contributed by atoms with van der Waals surface area (Å²) in [7, 11) is 0. The largest absolute Gasteiger partial charge is 0.346 e. The standard InChI is InChI=1S/C19H21F2N5O2/c20-14-4-1-5-15(21)18(14)25-11-12(9-17(25)27)23-19(28)16-6-8-26(24-16)13-3-2-7-22-10-13/h1,4-6,8,12-13,22H,2-3,7,9-11H2,(H,23,28). The van der Waals surface area contributed by atoms with Crippen LogP contribution < -0.4 is 15.5 Å². The molecule has 2 unspecified atom stereocenters. The van der Waals surface area contributed by atoms with Crippen LogP contribution in [0.25, 0.3) is 0 Å². The van der Waals surface area contributed by atoms with Crippen molar-refractivity contribution in [2.75, 3.05) is 24.5 Å². The monoisotopic (exact) mass is 389 g/mol. The Kier molecular flexibility index (Phi) is 5.08. The van der Waals surface area contributed by atoms with Crippen LogP contribution in [-0.2, 0) is 4.79 Å². The van der Waals surface area contributed by atoms with Gasteiger partial charge in [0.05, 0.1) is 12.1 Å². The lowest BCUT2D eigenvalue weighted by Gasteiger charge is -2.22. The minimum Gasteiger partial charge on any atom is -0.346 e. The minimum atomic E-state index is -0.805. The Morgan fingerprint density at radius 2 is 2.04 bits per heavy atom. The van der Waals surface area contributed by atoms with E-state index in [9.17, 15) is 18.4 Å². The number of carbonyl (C=O) groups excluding carboxylic acids is 2. The number of nitrogens with zero attached hydrogens (tertiary/aromatic N) is 3. The van der Waals surface area contributed by atoms with Gasteiger partial charge in [-0.2, -0.15) is 5.10 Å². The average Bonchev–Trinajstić information content (AvgIpc) is 3.30. The van der Waals surface area contributed by atoms with Crippen molar-refractivity contribution >= 4 is 17.5 Å². The molecule has 9 heteroatoms. The molecule has 4 rings (SSSR count). The molecule has 2 N–H and O–H groups in total. The molecule has 7 nitrogen and oxygen atoms in total. The van der Waals surface area contributed by atoms with E-state index in [1.165, 1.54) is 6.07 Å². The van der Waals surface area contributed by atoms with Gasteiger partial charge in [-0.3, -0.25) is 14.3 Å². The molecule has 0 saturated carbocycles. The van der Waals surface area contributed by atoms with Crippen LogP contribution in [0.3, 0.4) is 0 Å². The molecule has 148 valence electrons. The number of hydrogen-bond acceptors (Lipinski definition) is 4. The molecular formula is C19H21F2N5O2. The van der Waals surface area contributed by atoms with Gasteiger partial charge < -0.3 is 15.5 Å². The smallest absolute Gasteiger partial charge is 0.272 e. The second-order valence-corrected chi connectivity index (χ2v) is 7.13. The van der Waals surface area contributed by atoms with E-state index in [0.717, 1.165) is 43.0 Å². The number of benzene rings is 1. The normalized spacial score (nSPS) is 22.5. The number of para-hydroxylation sites is 1. The van der Waals surface area contributed by atoms with Crippen LogP contribution in [0.5, 0.6) is 0 Å². The van der Waals surface area contributed by atoms with Gasteiger partial charge in [0.1, 0.15) is 23.0 Å². The van der Waals surface area contributed by atoms with Crippen LogP contribution >= 0.6 is 0 Å². The van der Waals surface area contributed by atoms with Crippen LogP contribution in [0.1, 0.15) is 35.8 Å². The molecule has 28 heavy (non-hydrogen) atoms. The first-order valence-electron chi connectivity index (χ1n) is 9.34. The highest BCUT2D eigenvalue weighted by Crippen LogP contribution is 2.27. The molecular weight excluding hydrogens is 368 g/mol. The predicted octanol–water partition coefficient (Wildman–Crippen LogP) is 1.62. The summed E-state index contributed by atoms with van der Waals surface area (Å²) in [5, 5.41) is 10.4. The Balaban J connectivity index is 1.42. The number of nitrogens with one attached hydrogen (secondary N) is 2. The van der Waals surface area contributed by atoms with Gasteiger partial charge in [0, 0.05) is 25.7 Å². The lowest BCUT2D eigenvalue weighted by atomic mass is 10.1. The number of hydrogen-bond donors (Lipinski definition) is 2. The molecule has 0 spiro atoms. The maximum absolute atomic E-state index is 14.0. The molecule has 3 heterocycles. The Labute approximate surface area is 160 Å². The summed E-state index contributed by atoms with van der Waals surface area (Å²) in [6, 6.07) is 4.75. The third kappa shape index (κ3) is 3.62. The van der Waals surface area contributed by atoms with Crippen LogP contribution in [0, 0.1) is 11.6 Å². The molecule has 2 saturated heterocycles. The van der Waals surface area contributed by atoms with E-state index in [-0.39, 0.29) is 30.4 Å². The second-order valence-electron chi connectivity index (χ2n) is 7.13. The number of rotatable bonds is 4. The molecule has 2 aromatic rings. The van der Waals surface area contributed by atoms with Gasteiger partial charge in [0.2, 0.25) is 5.91 Å². The summed E-state index contributed by atoms with van der Waals surface area (Å²) < 4.78 is 29.7. The first kappa shape index (κ1) is 18.5. The fraction of sp³-hybridized carbons (Fsp3) is 0.421. The van der Waals surface area contributed by atoms with Gasteiger partial charge in [0.25, 0.3) is 5.91 Å². The molecule has 0 bridgehead atoms. The van der Waals surface area contributed by atoms with E-state index in [1.807, 2.05) is 0 Å². The van der Waals surface area contributed by atoms with Gasteiger partial charge >= 0.3 is 0 Å². The molecule has 0 aliphatic carbocycles. The molecule has 2 amide bonds. The second kappa shape index (κ2) is 7.67. The van der Waals surface area contributed by atoms with Crippen molar-refractivity contribution in [1.29, 1.82) is 0 Å². The Morgan fingerprint density at radius 3 is 2.75 bits per heavy atom. The molecule has 2 aliphatic rings. The lowest BCUT2D eigenvalue weighted by molar-refractivity contribution is -0.117. The Morgan fingerprint density at radius 1 is 1.25 bits per heavy atom. The maximum atomic E-state index is 14.0. The Bertz CT molecular complexity index is 874. The minimum absolute atomic E-state index is 0.00960. The van der Waals surface area contributed by atoms with E-state index in [0.29, 0.717) is 0 Å². The van der Waals surface area contributed by atoms with Crippen LogP contribution in [-0.4, -0.2) is 47.3 Å². The van der Waals surface area contributed by atoms with E-state index >= 15 is 0 Å². The van der Waals surface area contributed by atoms with Crippen LogP contribution in [0.2, 0.25) is 0 Å². The van der Waals surface area contributed by atoms with E-state index < -0.39 is 29.5 Å².